The normalized spacial score (nSPS) is 11.5. The summed E-state index contributed by atoms with van der Waals surface area (Å²) in [5, 5.41) is 2.25. The van der Waals surface area contributed by atoms with E-state index in [2.05, 4.69) is 5.32 Å². The highest BCUT2D eigenvalue weighted by Crippen LogP contribution is 2.24. The van der Waals surface area contributed by atoms with Crippen LogP contribution in [0.15, 0.2) is 41.3 Å². The number of anilines is 1. The zero-order valence-corrected chi connectivity index (χ0v) is 15.9. The first-order valence-electron chi connectivity index (χ1n) is 8.08. The quantitative estimate of drug-likeness (QED) is 0.778. The van der Waals surface area contributed by atoms with Crippen LogP contribution in [0.1, 0.15) is 12.5 Å². The topological polar surface area (TPSA) is 75.7 Å². The summed E-state index contributed by atoms with van der Waals surface area (Å²) in [6.45, 7) is 2.81. The molecule has 0 fully saturated rings. The number of rotatable bonds is 7. The molecule has 0 saturated heterocycles. The Kier molecular flexibility index (Phi) is 6.50. The van der Waals surface area contributed by atoms with Crippen LogP contribution in [0.2, 0.25) is 0 Å². The van der Waals surface area contributed by atoms with Crippen LogP contribution in [-0.4, -0.2) is 38.8 Å². The van der Waals surface area contributed by atoms with Crippen molar-refractivity contribution in [2.24, 2.45) is 0 Å². The van der Waals surface area contributed by atoms with Gasteiger partial charge < -0.3 is 10.1 Å². The minimum Gasteiger partial charge on any atom is -0.496 e. The number of aryl methyl sites for hydroxylation is 1. The third kappa shape index (κ3) is 4.81. The second-order valence-corrected chi connectivity index (χ2v) is 7.67. The lowest BCUT2D eigenvalue weighted by Crippen LogP contribution is -2.38. The second kappa shape index (κ2) is 8.45. The van der Waals surface area contributed by atoms with Crippen LogP contribution in [0, 0.1) is 18.6 Å². The lowest BCUT2D eigenvalue weighted by molar-refractivity contribution is -0.116. The van der Waals surface area contributed by atoms with E-state index in [-0.39, 0.29) is 17.1 Å². The fourth-order valence-corrected chi connectivity index (χ4v) is 3.96. The number of carbonyl (C=O) groups is 1. The molecule has 0 aromatic heterocycles. The minimum absolute atomic E-state index is 0.0170. The summed E-state index contributed by atoms with van der Waals surface area (Å²) in [5.41, 5.74) is 0.405. The van der Waals surface area contributed by atoms with Gasteiger partial charge in [0.25, 0.3) is 0 Å². The third-order valence-corrected chi connectivity index (χ3v) is 5.80. The maximum Gasteiger partial charge on any atom is 0.243 e. The van der Waals surface area contributed by atoms with Gasteiger partial charge in [0.05, 0.1) is 24.2 Å². The number of carbonyl (C=O) groups excluding carboxylic acids is 1. The number of methoxy groups -OCH3 is 1. The zero-order valence-electron chi connectivity index (χ0n) is 15.1. The van der Waals surface area contributed by atoms with Gasteiger partial charge in [-0.05, 0) is 42.8 Å². The molecule has 0 spiro atoms. The van der Waals surface area contributed by atoms with E-state index in [1.165, 1.54) is 25.3 Å². The monoisotopic (exact) mass is 398 g/mol. The van der Waals surface area contributed by atoms with Gasteiger partial charge in [-0.1, -0.05) is 6.92 Å². The fraction of sp³-hybridized carbons (Fsp3) is 0.278. The van der Waals surface area contributed by atoms with Gasteiger partial charge in [0.1, 0.15) is 17.4 Å². The van der Waals surface area contributed by atoms with Crippen LogP contribution in [0.5, 0.6) is 5.75 Å². The maximum atomic E-state index is 13.6. The Morgan fingerprint density at radius 2 is 1.89 bits per heavy atom. The molecule has 9 heteroatoms. The maximum absolute atomic E-state index is 13.6. The molecule has 0 bridgehead atoms. The summed E-state index contributed by atoms with van der Waals surface area (Å²) in [6.07, 6.45) is 0. The molecule has 1 amide bonds. The largest absolute Gasteiger partial charge is 0.496 e. The average Bonchev–Trinajstić information content (AvgIpc) is 2.61. The van der Waals surface area contributed by atoms with E-state index in [1.807, 2.05) is 0 Å². The molecule has 2 aromatic rings. The van der Waals surface area contributed by atoms with Gasteiger partial charge >= 0.3 is 0 Å². The Labute approximate surface area is 156 Å². The first-order chi connectivity index (χ1) is 12.7. The summed E-state index contributed by atoms with van der Waals surface area (Å²) < 4.78 is 58.2. The Bertz CT molecular complexity index is 948. The lowest BCUT2D eigenvalue weighted by Gasteiger charge is -2.20. The summed E-state index contributed by atoms with van der Waals surface area (Å²) in [4.78, 5) is 12.2. The number of nitrogens with one attached hydrogen (secondary N) is 1. The van der Waals surface area contributed by atoms with Crippen LogP contribution in [0.3, 0.4) is 0 Å². The number of sulfonamides is 1. The number of nitrogens with zero attached hydrogens (tertiary/aromatic N) is 1. The minimum atomic E-state index is -3.94. The van der Waals surface area contributed by atoms with Gasteiger partial charge in [-0.2, -0.15) is 4.31 Å². The summed E-state index contributed by atoms with van der Waals surface area (Å²) in [7, 11) is -2.46. The number of ether oxygens (including phenoxy) is 1. The predicted octanol–water partition coefficient (Wildman–Crippen LogP) is 2.93. The Hall–Kier alpha value is -2.52. The molecule has 2 aromatic carbocycles. The molecular formula is C18H20F2N2O4S. The molecule has 0 saturated carbocycles. The highest BCUT2D eigenvalue weighted by atomic mass is 32.2. The van der Waals surface area contributed by atoms with Crippen molar-refractivity contribution in [2.75, 3.05) is 25.5 Å². The van der Waals surface area contributed by atoms with Crippen molar-refractivity contribution in [1.29, 1.82) is 0 Å². The molecule has 27 heavy (non-hydrogen) atoms. The van der Waals surface area contributed by atoms with Crippen LogP contribution in [0.4, 0.5) is 14.5 Å². The first kappa shape index (κ1) is 20.8. The molecule has 2 rings (SSSR count). The molecular weight excluding hydrogens is 378 g/mol. The van der Waals surface area contributed by atoms with Gasteiger partial charge in [-0.15, -0.1) is 0 Å². The first-order valence-corrected chi connectivity index (χ1v) is 9.52. The van der Waals surface area contributed by atoms with Crippen molar-refractivity contribution in [3.63, 3.8) is 0 Å². The smallest absolute Gasteiger partial charge is 0.243 e. The summed E-state index contributed by atoms with van der Waals surface area (Å²) >= 11 is 0. The molecule has 146 valence electrons. The van der Waals surface area contributed by atoms with E-state index in [4.69, 9.17) is 4.74 Å². The molecule has 1 N–H and O–H groups in total. The van der Waals surface area contributed by atoms with Crippen molar-refractivity contribution >= 4 is 21.6 Å². The van der Waals surface area contributed by atoms with Gasteiger partial charge in [0.2, 0.25) is 15.9 Å². The van der Waals surface area contributed by atoms with Crippen molar-refractivity contribution < 1.29 is 26.7 Å². The van der Waals surface area contributed by atoms with Gasteiger partial charge in [-0.25, -0.2) is 17.2 Å². The van der Waals surface area contributed by atoms with E-state index < -0.39 is 34.1 Å². The molecule has 0 atom stereocenters. The molecule has 0 aliphatic rings. The number of hydrogen-bond donors (Lipinski definition) is 1. The number of halogens is 2. The van der Waals surface area contributed by atoms with Gasteiger partial charge in [0, 0.05) is 12.6 Å². The third-order valence-electron chi connectivity index (χ3n) is 3.88. The molecule has 0 aliphatic heterocycles. The molecule has 0 aliphatic carbocycles. The number of amides is 1. The van der Waals surface area contributed by atoms with Crippen LogP contribution < -0.4 is 10.1 Å². The second-order valence-electron chi connectivity index (χ2n) is 5.73. The van der Waals surface area contributed by atoms with Crippen LogP contribution in [0.25, 0.3) is 0 Å². The van der Waals surface area contributed by atoms with E-state index in [9.17, 15) is 22.0 Å². The predicted molar refractivity (Wildman–Crippen MR) is 97.2 cm³/mol. The molecule has 0 heterocycles. The van der Waals surface area contributed by atoms with Crippen molar-refractivity contribution in [1.82, 2.24) is 4.31 Å². The van der Waals surface area contributed by atoms with E-state index >= 15 is 0 Å². The van der Waals surface area contributed by atoms with Crippen LogP contribution in [-0.2, 0) is 14.8 Å². The van der Waals surface area contributed by atoms with E-state index in [1.54, 1.807) is 13.8 Å². The SMILES string of the molecule is CCN(CC(=O)Nc1ccc(F)cc1F)S(=O)(=O)c1ccc(OC)c(C)c1. The van der Waals surface area contributed by atoms with Crippen molar-refractivity contribution in [3.8, 4) is 5.75 Å². The Morgan fingerprint density at radius 1 is 1.19 bits per heavy atom. The standard InChI is InChI=1S/C18H20F2N2O4S/c1-4-22(11-18(23)21-16-7-5-13(19)10-15(16)20)27(24,25)14-6-8-17(26-3)12(2)9-14/h5-10H,4,11H2,1-3H3,(H,21,23). The van der Waals surface area contributed by atoms with E-state index in [0.29, 0.717) is 17.4 Å². The fourth-order valence-electron chi connectivity index (χ4n) is 2.47. The molecule has 0 unspecified atom stereocenters. The molecule has 6 nitrogen and oxygen atoms in total. The number of likely N-dealkylation sites (N-methyl/N-ethyl adjacent to an activating group) is 1. The number of hydrogen-bond acceptors (Lipinski definition) is 4. The molecule has 0 radical (unpaired) electrons. The van der Waals surface area contributed by atoms with Crippen molar-refractivity contribution in [3.05, 3.63) is 53.6 Å². The highest BCUT2D eigenvalue weighted by Gasteiger charge is 2.26. The van der Waals surface area contributed by atoms with Gasteiger partial charge in [-0.3, -0.25) is 4.79 Å². The highest BCUT2D eigenvalue weighted by molar-refractivity contribution is 7.89. The van der Waals surface area contributed by atoms with E-state index in [0.717, 1.165) is 16.4 Å². The lowest BCUT2D eigenvalue weighted by atomic mass is 10.2. The summed E-state index contributed by atoms with van der Waals surface area (Å²) in [6, 6.07) is 7.07. The Morgan fingerprint density at radius 3 is 2.44 bits per heavy atom. The summed E-state index contributed by atoms with van der Waals surface area (Å²) in [5.74, 6) is -1.92. The van der Waals surface area contributed by atoms with Gasteiger partial charge in [0.15, 0.2) is 0 Å². The Balaban J connectivity index is 2.19. The van der Waals surface area contributed by atoms with Crippen LogP contribution >= 0.6 is 0 Å². The van der Waals surface area contributed by atoms with Crippen molar-refractivity contribution in [2.45, 2.75) is 18.7 Å². The zero-order chi connectivity index (χ0) is 20.2. The average molecular weight is 398 g/mol. The number of benzene rings is 2.